The molecule has 0 spiro atoms. The van der Waals surface area contributed by atoms with E-state index < -0.39 is 5.82 Å². The highest BCUT2D eigenvalue weighted by atomic mass is 19.1. The molecule has 1 atom stereocenters. The highest BCUT2D eigenvalue weighted by Gasteiger charge is 2.15. The Kier molecular flexibility index (Phi) is 4.20. The fourth-order valence-electron chi connectivity index (χ4n) is 2.12. The Morgan fingerprint density at radius 2 is 2.19 bits per heavy atom. The van der Waals surface area contributed by atoms with Crippen molar-refractivity contribution in [3.8, 4) is 5.75 Å². The fourth-order valence-corrected chi connectivity index (χ4v) is 2.12. The molecule has 0 saturated carbocycles. The van der Waals surface area contributed by atoms with Crippen molar-refractivity contribution < 1.29 is 9.13 Å². The molecule has 2 aromatic heterocycles. The predicted octanol–water partition coefficient (Wildman–Crippen LogP) is 1.36. The van der Waals surface area contributed by atoms with E-state index in [2.05, 4.69) is 25.6 Å². The van der Waals surface area contributed by atoms with Gasteiger partial charge in [0, 0.05) is 18.8 Å². The maximum atomic E-state index is 12.7. The molecule has 1 fully saturated rings. The maximum absolute atomic E-state index is 12.7. The quantitative estimate of drug-likeness (QED) is 0.866. The van der Waals surface area contributed by atoms with E-state index in [1.54, 1.807) is 6.20 Å². The van der Waals surface area contributed by atoms with E-state index in [-0.39, 0.29) is 6.10 Å². The molecule has 0 aromatic carbocycles. The van der Waals surface area contributed by atoms with Crippen molar-refractivity contribution in [2.75, 3.05) is 18.4 Å². The monoisotopic (exact) mass is 289 g/mol. The van der Waals surface area contributed by atoms with Crippen molar-refractivity contribution in [1.82, 2.24) is 20.3 Å². The first-order chi connectivity index (χ1) is 10.3. The van der Waals surface area contributed by atoms with Crippen LogP contribution in [0.15, 0.2) is 30.7 Å². The molecule has 3 heterocycles. The first-order valence-electron chi connectivity index (χ1n) is 6.83. The molecule has 21 heavy (non-hydrogen) atoms. The topological polar surface area (TPSA) is 72.0 Å². The van der Waals surface area contributed by atoms with E-state index in [4.69, 9.17) is 4.74 Å². The summed E-state index contributed by atoms with van der Waals surface area (Å²) in [6.45, 7) is 2.32. The minimum absolute atomic E-state index is 0.216. The summed E-state index contributed by atoms with van der Waals surface area (Å²) in [6, 6.07) is 3.73. The third-order valence-electron chi connectivity index (χ3n) is 3.15. The molecule has 2 aromatic rings. The van der Waals surface area contributed by atoms with Gasteiger partial charge in [-0.2, -0.15) is 0 Å². The van der Waals surface area contributed by atoms with Crippen LogP contribution in [0, 0.1) is 5.82 Å². The molecular weight excluding hydrogens is 273 g/mol. The summed E-state index contributed by atoms with van der Waals surface area (Å²) in [4.78, 5) is 11.9. The zero-order valence-electron chi connectivity index (χ0n) is 11.4. The summed E-state index contributed by atoms with van der Waals surface area (Å²) in [7, 11) is 0. The first kappa shape index (κ1) is 13.7. The van der Waals surface area contributed by atoms with Crippen molar-refractivity contribution in [1.29, 1.82) is 0 Å². The minimum Gasteiger partial charge on any atom is -0.489 e. The van der Waals surface area contributed by atoms with Crippen molar-refractivity contribution in [2.45, 2.75) is 19.1 Å². The van der Waals surface area contributed by atoms with Gasteiger partial charge in [-0.25, -0.2) is 14.4 Å². The van der Waals surface area contributed by atoms with Crippen LogP contribution in [-0.4, -0.2) is 34.1 Å². The molecule has 110 valence electrons. The van der Waals surface area contributed by atoms with Gasteiger partial charge in [-0.3, -0.25) is 4.98 Å². The van der Waals surface area contributed by atoms with Gasteiger partial charge in [-0.1, -0.05) is 0 Å². The fraction of sp³-hybridized carbons (Fsp3) is 0.357. The third kappa shape index (κ3) is 3.85. The number of aromatic nitrogens is 3. The Morgan fingerprint density at radius 3 is 2.95 bits per heavy atom. The summed E-state index contributed by atoms with van der Waals surface area (Å²) in [5.41, 5.74) is 0.811. The van der Waals surface area contributed by atoms with E-state index in [1.165, 1.54) is 0 Å². The van der Waals surface area contributed by atoms with Crippen molar-refractivity contribution in [3.63, 3.8) is 0 Å². The number of hydrogen-bond donors (Lipinski definition) is 2. The summed E-state index contributed by atoms with van der Waals surface area (Å²) in [5, 5.41) is 6.25. The first-order valence-corrected chi connectivity index (χ1v) is 6.83. The zero-order valence-corrected chi connectivity index (χ0v) is 11.4. The molecule has 7 heteroatoms. The molecule has 1 aliphatic heterocycles. The van der Waals surface area contributed by atoms with Gasteiger partial charge in [0.2, 0.25) is 5.95 Å². The third-order valence-corrected chi connectivity index (χ3v) is 3.15. The van der Waals surface area contributed by atoms with E-state index in [1.807, 2.05) is 12.1 Å². The van der Waals surface area contributed by atoms with E-state index in [0.29, 0.717) is 12.5 Å². The van der Waals surface area contributed by atoms with Gasteiger partial charge in [-0.05, 0) is 19.0 Å². The second-order valence-electron chi connectivity index (χ2n) is 4.79. The van der Waals surface area contributed by atoms with Crippen LogP contribution in [0.1, 0.15) is 12.1 Å². The van der Waals surface area contributed by atoms with Crippen LogP contribution < -0.4 is 15.4 Å². The van der Waals surface area contributed by atoms with Gasteiger partial charge in [0.1, 0.15) is 11.9 Å². The summed E-state index contributed by atoms with van der Waals surface area (Å²) >= 11 is 0. The number of hydrogen-bond acceptors (Lipinski definition) is 6. The Hall–Kier alpha value is -2.28. The van der Waals surface area contributed by atoms with Gasteiger partial charge in [-0.15, -0.1) is 0 Å². The Balaban J connectivity index is 1.58. The lowest BCUT2D eigenvalue weighted by Crippen LogP contribution is -2.19. The van der Waals surface area contributed by atoms with Crippen molar-refractivity contribution in [3.05, 3.63) is 42.2 Å². The number of nitrogens with zero attached hydrogens (tertiary/aromatic N) is 3. The van der Waals surface area contributed by atoms with Gasteiger partial charge in [0.15, 0.2) is 5.82 Å². The lowest BCUT2D eigenvalue weighted by Gasteiger charge is -2.13. The van der Waals surface area contributed by atoms with Crippen LogP contribution >= 0.6 is 0 Å². The van der Waals surface area contributed by atoms with E-state index in [0.717, 1.165) is 43.3 Å². The Morgan fingerprint density at radius 1 is 1.33 bits per heavy atom. The van der Waals surface area contributed by atoms with Crippen molar-refractivity contribution >= 4 is 5.95 Å². The normalized spacial score (nSPS) is 17.7. The molecular formula is C14H16FN5O. The largest absolute Gasteiger partial charge is 0.489 e. The highest BCUT2D eigenvalue weighted by molar-refractivity contribution is 5.28. The molecule has 1 unspecified atom stereocenters. The molecule has 0 amide bonds. The number of nitrogens with one attached hydrogen (secondary N) is 2. The van der Waals surface area contributed by atoms with E-state index >= 15 is 0 Å². The standard InChI is InChI=1S/C14H16FN5O/c15-10-6-18-14(19-7-10)20-8-11-5-12(2-4-17-11)21-13-1-3-16-9-13/h2,4-7,13,16H,1,3,8-9H2,(H,18,19,20). The molecule has 1 aliphatic rings. The maximum Gasteiger partial charge on any atom is 0.223 e. The predicted molar refractivity (Wildman–Crippen MR) is 75.5 cm³/mol. The van der Waals surface area contributed by atoms with Gasteiger partial charge < -0.3 is 15.4 Å². The Bertz CT molecular complexity index is 586. The zero-order chi connectivity index (χ0) is 14.5. The number of halogens is 1. The molecule has 0 aliphatic carbocycles. The summed E-state index contributed by atoms with van der Waals surface area (Å²) in [6.07, 6.45) is 5.18. The van der Waals surface area contributed by atoms with Crippen LogP contribution in [0.3, 0.4) is 0 Å². The smallest absolute Gasteiger partial charge is 0.223 e. The van der Waals surface area contributed by atoms with E-state index in [9.17, 15) is 4.39 Å². The van der Waals surface area contributed by atoms with Crippen LogP contribution in [0.2, 0.25) is 0 Å². The van der Waals surface area contributed by atoms with Crippen LogP contribution in [0.25, 0.3) is 0 Å². The molecule has 6 nitrogen and oxygen atoms in total. The number of pyridine rings is 1. The summed E-state index contributed by atoms with van der Waals surface area (Å²) < 4.78 is 18.6. The second kappa shape index (κ2) is 6.45. The SMILES string of the molecule is Fc1cnc(NCc2cc(OC3CCNC3)ccn2)nc1. The highest BCUT2D eigenvalue weighted by Crippen LogP contribution is 2.16. The van der Waals surface area contributed by atoms with Gasteiger partial charge in [0.25, 0.3) is 0 Å². The van der Waals surface area contributed by atoms with Crippen molar-refractivity contribution in [2.24, 2.45) is 0 Å². The lowest BCUT2D eigenvalue weighted by atomic mass is 10.3. The summed E-state index contributed by atoms with van der Waals surface area (Å²) in [5.74, 6) is 0.708. The number of ether oxygens (including phenoxy) is 1. The molecule has 2 N–H and O–H groups in total. The average Bonchev–Trinajstić information content (AvgIpc) is 3.00. The number of anilines is 1. The second-order valence-corrected chi connectivity index (χ2v) is 4.79. The molecule has 0 bridgehead atoms. The minimum atomic E-state index is -0.459. The lowest BCUT2D eigenvalue weighted by molar-refractivity contribution is 0.222. The van der Waals surface area contributed by atoms with Crippen LogP contribution in [0.4, 0.5) is 10.3 Å². The van der Waals surface area contributed by atoms with Gasteiger partial charge >= 0.3 is 0 Å². The Labute approximate surface area is 121 Å². The molecule has 0 radical (unpaired) electrons. The number of rotatable bonds is 5. The van der Waals surface area contributed by atoms with Crippen LogP contribution in [-0.2, 0) is 6.54 Å². The van der Waals surface area contributed by atoms with Crippen LogP contribution in [0.5, 0.6) is 5.75 Å². The molecule has 3 rings (SSSR count). The van der Waals surface area contributed by atoms with Gasteiger partial charge in [0.05, 0.1) is 24.6 Å². The average molecular weight is 289 g/mol. The molecule has 1 saturated heterocycles.